The Morgan fingerprint density at radius 3 is 0.911 bits per heavy atom. The molecule has 262 valence electrons. The molecule has 11 aromatic rings. The second-order valence-corrected chi connectivity index (χ2v) is 13.8. The first-order chi connectivity index (χ1) is 27.7. The molecule has 0 saturated carbocycles. The zero-order valence-electron chi connectivity index (χ0n) is 29.9. The molecular formula is C50H30N4O2. The van der Waals surface area contributed by atoms with Crippen molar-refractivity contribution in [3.8, 4) is 67.8 Å². The van der Waals surface area contributed by atoms with Crippen molar-refractivity contribution >= 4 is 43.9 Å². The first-order valence-electron chi connectivity index (χ1n) is 18.5. The number of nitrogens with zero attached hydrogens (tertiary/aromatic N) is 4. The summed E-state index contributed by atoms with van der Waals surface area (Å²) in [6.45, 7) is 0. The van der Waals surface area contributed by atoms with E-state index in [9.17, 15) is 0 Å². The Kier molecular flexibility index (Phi) is 7.38. The summed E-state index contributed by atoms with van der Waals surface area (Å²) in [7, 11) is 0. The average Bonchev–Trinajstić information content (AvgIpc) is 3.85. The van der Waals surface area contributed by atoms with Gasteiger partial charge in [0.25, 0.3) is 0 Å². The monoisotopic (exact) mass is 718 g/mol. The van der Waals surface area contributed by atoms with E-state index in [-0.39, 0.29) is 0 Å². The number of hydrogen-bond donors (Lipinski definition) is 0. The molecule has 0 aliphatic heterocycles. The van der Waals surface area contributed by atoms with Gasteiger partial charge in [-0.3, -0.25) is 0 Å². The summed E-state index contributed by atoms with van der Waals surface area (Å²) < 4.78 is 13.1. The molecule has 11 rings (SSSR count). The summed E-state index contributed by atoms with van der Waals surface area (Å²) in [6, 6.07) is 61.5. The Hall–Kier alpha value is -7.70. The van der Waals surface area contributed by atoms with Crippen LogP contribution in [0.3, 0.4) is 0 Å². The van der Waals surface area contributed by atoms with E-state index in [1.807, 2.05) is 97.1 Å². The highest BCUT2D eigenvalue weighted by molar-refractivity contribution is 6.19. The van der Waals surface area contributed by atoms with Gasteiger partial charge in [0, 0.05) is 54.9 Å². The van der Waals surface area contributed by atoms with Gasteiger partial charge in [0.15, 0.2) is 22.8 Å². The topological polar surface area (TPSA) is 77.8 Å². The Bertz CT molecular complexity index is 2900. The molecule has 0 radical (unpaired) electrons. The summed E-state index contributed by atoms with van der Waals surface area (Å²) in [5.74, 6) is 1.29. The smallest absolute Gasteiger partial charge is 0.178 e. The second kappa shape index (κ2) is 13.0. The van der Waals surface area contributed by atoms with E-state index >= 15 is 0 Å². The molecule has 0 spiro atoms. The van der Waals surface area contributed by atoms with Crippen LogP contribution in [0, 0.1) is 0 Å². The molecule has 0 N–H and O–H groups in total. The second-order valence-electron chi connectivity index (χ2n) is 13.8. The highest BCUT2D eigenvalue weighted by Crippen LogP contribution is 2.41. The van der Waals surface area contributed by atoms with E-state index in [0.717, 1.165) is 88.9 Å². The number of furan rings is 2. The maximum atomic E-state index is 6.56. The van der Waals surface area contributed by atoms with Crippen LogP contribution in [0.4, 0.5) is 0 Å². The summed E-state index contributed by atoms with van der Waals surface area (Å²) in [6.07, 6.45) is 0. The van der Waals surface area contributed by atoms with E-state index in [2.05, 4.69) is 84.9 Å². The Morgan fingerprint density at radius 1 is 0.268 bits per heavy atom. The molecule has 6 heteroatoms. The lowest BCUT2D eigenvalue weighted by molar-refractivity contribution is 0.633. The third kappa shape index (κ3) is 5.51. The third-order valence-electron chi connectivity index (χ3n) is 10.3. The molecule has 4 aromatic heterocycles. The van der Waals surface area contributed by atoms with Crippen molar-refractivity contribution in [2.45, 2.75) is 0 Å². The fraction of sp³-hybridized carbons (Fsp3) is 0. The first-order valence-corrected chi connectivity index (χ1v) is 18.5. The predicted octanol–water partition coefficient (Wildman–Crippen LogP) is 13.1. The van der Waals surface area contributed by atoms with Crippen molar-refractivity contribution in [3.05, 3.63) is 182 Å². The van der Waals surface area contributed by atoms with E-state index < -0.39 is 0 Å². The quantitative estimate of drug-likeness (QED) is 0.170. The summed E-state index contributed by atoms with van der Waals surface area (Å²) in [5.41, 5.74) is 12.3. The van der Waals surface area contributed by atoms with Crippen LogP contribution in [0.2, 0.25) is 0 Å². The minimum atomic E-state index is 0.646. The fourth-order valence-electron chi connectivity index (χ4n) is 7.53. The van der Waals surface area contributed by atoms with Gasteiger partial charge in [-0.2, -0.15) is 0 Å². The third-order valence-corrected chi connectivity index (χ3v) is 10.3. The lowest BCUT2D eigenvalue weighted by Gasteiger charge is -2.09. The van der Waals surface area contributed by atoms with Crippen LogP contribution in [0.15, 0.2) is 191 Å². The molecule has 4 heterocycles. The summed E-state index contributed by atoms with van der Waals surface area (Å²) in [4.78, 5) is 20.2. The number of hydrogen-bond acceptors (Lipinski definition) is 6. The van der Waals surface area contributed by atoms with E-state index in [0.29, 0.717) is 22.8 Å². The van der Waals surface area contributed by atoms with Crippen molar-refractivity contribution < 1.29 is 8.83 Å². The molecule has 0 bridgehead atoms. The minimum absolute atomic E-state index is 0.646. The van der Waals surface area contributed by atoms with Gasteiger partial charge in [-0.05, 0) is 60.7 Å². The van der Waals surface area contributed by atoms with E-state index in [1.165, 1.54) is 0 Å². The Morgan fingerprint density at radius 2 is 0.589 bits per heavy atom. The van der Waals surface area contributed by atoms with Gasteiger partial charge in [-0.15, -0.1) is 0 Å². The molecule has 0 amide bonds. The zero-order valence-corrected chi connectivity index (χ0v) is 29.9. The Balaban J connectivity index is 1.03. The standard InChI is InChI=1S/C50H30N4O2/c1-5-13-31(14-6-1)41-29-42(32-15-7-2-8-16-32)52-49(51-41)35-21-25-45-39(27-35)37-23-24-38-40-28-36(22-26-46(40)56-48(38)47(37)55-45)50-53-43(33-17-9-3-10-18-33)30-44(54-50)34-19-11-4-12-20-34/h1-30H. The van der Waals surface area contributed by atoms with Crippen LogP contribution < -0.4 is 0 Å². The lowest BCUT2D eigenvalue weighted by atomic mass is 10.0. The van der Waals surface area contributed by atoms with Gasteiger partial charge in [-0.1, -0.05) is 121 Å². The highest BCUT2D eigenvalue weighted by Gasteiger charge is 2.19. The number of rotatable bonds is 6. The van der Waals surface area contributed by atoms with Gasteiger partial charge < -0.3 is 8.83 Å². The number of fused-ring (bicyclic) bond motifs is 7. The van der Waals surface area contributed by atoms with Crippen LogP contribution in [0.1, 0.15) is 0 Å². The van der Waals surface area contributed by atoms with Crippen LogP contribution in [-0.2, 0) is 0 Å². The van der Waals surface area contributed by atoms with Gasteiger partial charge in [0.2, 0.25) is 0 Å². The van der Waals surface area contributed by atoms with Crippen molar-refractivity contribution in [1.82, 2.24) is 19.9 Å². The summed E-state index contributed by atoms with van der Waals surface area (Å²) >= 11 is 0. The number of benzene rings is 7. The zero-order chi connectivity index (χ0) is 37.0. The molecule has 56 heavy (non-hydrogen) atoms. The van der Waals surface area contributed by atoms with Gasteiger partial charge in [-0.25, -0.2) is 19.9 Å². The molecule has 0 aliphatic rings. The van der Waals surface area contributed by atoms with Crippen molar-refractivity contribution in [1.29, 1.82) is 0 Å². The predicted molar refractivity (Wildman–Crippen MR) is 225 cm³/mol. The van der Waals surface area contributed by atoms with Gasteiger partial charge in [0.05, 0.1) is 22.8 Å². The molecule has 7 aromatic carbocycles. The molecule has 0 atom stereocenters. The minimum Gasteiger partial charge on any atom is -0.452 e. The van der Waals surface area contributed by atoms with E-state index in [4.69, 9.17) is 28.8 Å². The number of aromatic nitrogens is 4. The average molecular weight is 719 g/mol. The molecule has 0 fully saturated rings. The molecule has 0 unspecified atom stereocenters. The van der Waals surface area contributed by atoms with Crippen LogP contribution in [0.5, 0.6) is 0 Å². The highest BCUT2D eigenvalue weighted by atomic mass is 16.4. The van der Waals surface area contributed by atoms with Crippen LogP contribution >= 0.6 is 0 Å². The molecule has 0 aliphatic carbocycles. The summed E-state index contributed by atoms with van der Waals surface area (Å²) in [5, 5.41) is 3.86. The van der Waals surface area contributed by atoms with Crippen LogP contribution in [0.25, 0.3) is 112 Å². The first kappa shape index (κ1) is 31.8. The Labute approximate surface area is 321 Å². The molecule has 6 nitrogen and oxygen atoms in total. The fourth-order valence-corrected chi connectivity index (χ4v) is 7.53. The van der Waals surface area contributed by atoms with Crippen molar-refractivity contribution in [2.75, 3.05) is 0 Å². The molecule has 0 saturated heterocycles. The van der Waals surface area contributed by atoms with Crippen LogP contribution in [-0.4, -0.2) is 19.9 Å². The maximum Gasteiger partial charge on any atom is 0.178 e. The largest absolute Gasteiger partial charge is 0.452 e. The SMILES string of the molecule is c1ccc(-c2cc(-c3ccccc3)nc(-c3ccc4oc5c(ccc6c7cc(-c8nc(-c9ccccc9)cc(-c9ccccc9)n8)ccc7oc65)c4c3)n2)cc1. The maximum absolute atomic E-state index is 6.56. The van der Waals surface area contributed by atoms with Crippen molar-refractivity contribution in [2.24, 2.45) is 0 Å². The van der Waals surface area contributed by atoms with Gasteiger partial charge >= 0.3 is 0 Å². The van der Waals surface area contributed by atoms with Gasteiger partial charge in [0.1, 0.15) is 11.2 Å². The van der Waals surface area contributed by atoms with E-state index in [1.54, 1.807) is 0 Å². The normalized spacial score (nSPS) is 11.6. The lowest BCUT2D eigenvalue weighted by Crippen LogP contribution is -1.95. The van der Waals surface area contributed by atoms with Crippen molar-refractivity contribution in [3.63, 3.8) is 0 Å². The molecular weight excluding hydrogens is 689 g/mol.